The summed E-state index contributed by atoms with van der Waals surface area (Å²) in [6, 6.07) is 3.90. The van der Waals surface area contributed by atoms with E-state index in [9.17, 15) is 9.59 Å². The quantitative estimate of drug-likeness (QED) is 0.842. The molecule has 0 atom stereocenters. The standard InChI is InChI=1S/C18H21N3O5S/c1-24-14-6-11-4-5-21(9-12(11)7-15(14)25-2)16(22)8-13-10-27-17(19-13)20-18(23)26-3/h6-7,10H,4-5,8-9H2,1-3H3,(H,19,20,23). The lowest BCUT2D eigenvalue weighted by Crippen LogP contribution is -2.37. The van der Waals surface area contributed by atoms with E-state index in [4.69, 9.17) is 9.47 Å². The summed E-state index contributed by atoms with van der Waals surface area (Å²) in [5.74, 6) is 1.35. The van der Waals surface area contributed by atoms with Crippen molar-refractivity contribution in [1.29, 1.82) is 0 Å². The van der Waals surface area contributed by atoms with Crippen molar-refractivity contribution in [3.8, 4) is 11.5 Å². The smallest absolute Gasteiger partial charge is 0.413 e. The molecule has 0 saturated heterocycles. The van der Waals surface area contributed by atoms with Gasteiger partial charge in [-0.25, -0.2) is 9.78 Å². The molecule has 27 heavy (non-hydrogen) atoms. The number of aromatic nitrogens is 1. The molecule has 1 aliphatic rings. The first kappa shape index (κ1) is 19.0. The van der Waals surface area contributed by atoms with Gasteiger partial charge in [0.2, 0.25) is 5.91 Å². The van der Waals surface area contributed by atoms with Crippen LogP contribution in [0.3, 0.4) is 0 Å². The second kappa shape index (κ2) is 8.26. The lowest BCUT2D eigenvalue weighted by atomic mass is 9.98. The average molecular weight is 391 g/mol. The maximum atomic E-state index is 12.7. The van der Waals surface area contributed by atoms with Crippen LogP contribution in [0.5, 0.6) is 11.5 Å². The summed E-state index contributed by atoms with van der Waals surface area (Å²) in [5.41, 5.74) is 2.84. The molecule has 144 valence electrons. The topological polar surface area (TPSA) is 90.0 Å². The number of nitrogens with zero attached hydrogens (tertiary/aromatic N) is 2. The van der Waals surface area contributed by atoms with E-state index in [1.807, 2.05) is 12.1 Å². The number of fused-ring (bicyclic) bond motifs is 1. The van der Waals surface area contributed by atoms with Gasteiger partial charge in [0.15, 0.2) is 16.6 Å². The minimum atomic E-state index is -0.584. The van der Waals surface area contributed by atoms with Crippen LogP contribution in [0.2, 0.25) is 0 Å². The first-order valence-electron chi connectivity index (χ1n) is 8.35. The minimum absolute atomic E-state index is 0.00893. The number of methoxy groups -OCH3 is 3. The zero-order chi connectivity index (χ0) is 19.4. The molecule has 8 nitrogen and oxygen atoms in total. The minimum Gasteiger partial charge on any atom is -0.493 e. The molecule has 1 N–H and O–H groups in total. The fourth-order valence-corrected chi connectivity index (χ4v) is 3.64. The number of anilines is 1. The molecule has 0 unspecified atom stereocenters. The number of rotatable bonds is 5. The van der Waals surface area contributed by atoms with Gasteiger partial charge in [-0.1, -0.05) is 0 Å². The number of ether oxygens (including phenoxy) is 3. The van der Waals surface area contributed by atoms with E-state index in [-0.39, 0.29) is 12.3 Å². The number of carbonyl (C=O) groups excluding carboxylic acids is 2. The van der Waals surface area contributed by atoms with Crippen LogP contribution in [0.4, 0.5) is 9.93 Å². The first-order valence-corrected chi connectivity index (χ1v) is 9.23. The van der Waals surface area contributed by atoms with E-state index in [1.54, 1.807) is 24.5 Å². The first-order chi connectivity index (χ1) is 13.0. The van der Waals surface area contributed by atoms with Crippen molar-refractivity contribution in [1.82, 2.24) is 9.88 Å². The number of carbonyl (C=O) groups is 2. The molecule has 0 bridgehead atoms. The molecular formula is C18H21N3O5S. The summed E-state index contributed by atoms with van der Waals surface area (Å²) in [7, 11) is 4.49. The molecule has 0 spiro atoms. The van der Waals surface area contributed by atoms with Gasteiger partial charge in [-0.05, 0) is 29.7 Å². The predicted octanol–water partition coefficient (Wildman–Crippen LogP) is 2.47. The number of hydrogen-bond acceptors (Lipinski definition) is 7. The van der Waals surface area contributed by atoms with E-state index in [1.165, 1.54) is 18.4 Å². The SMILES string of the molecule is COC(=O)Nc1nc(CC(=O)N2CCc3cc(OC)c(OC)cc3C2)cs1. The largest absolute Gasteiger partial charge is 0.493 e. The third-order valence-corrected chi connectivity index (χ3v) is 5.16. The maximum Gasteiger partial charge on any atom is 0.413 e. The molecule has 1 aromatic heterocycles. The fourth-order valence-electron chi connectivity index (χ4n) is 2.95. The Morgan fingerprint density at radius 2 is 1.89 bits per heavy atom. The summed E-state index contributed by atoms with van der Waals surface area (Å²) in [6.45, 7) is 1.16. The highest BCUT2D eigenvalue weighted by Gasteiger charge is 2.23. The third kappa shape index (κ3) is 4.30. The lowest BCUT2D eigenvalue weighted by molar-refractivity contribution is -0.131. The molecule has 9 heteroatoms. The fraction of sp³-hybridized carbons (Fsp3) is 0.389. The molecule has 2 amide bonds. The van der Waals surface area contributed by atoms with Crippen LogP contribution in [0, 0.1) is 0 Å². The highest BCUT2D eigenvalue weighted by Crippen LogP contribution is 2.33. The van der Waals surface area contributed by atoms with Crippen LogP contribution in [-0.2, 0) is 28.9 Å². The molecule has 2 heterocycles. The molecule has 3 rings (SSSR count). The molecule has 0 saturated carbocycles. The van der Waals surface area contributed by atoms with Crippen LogP contribution in [0.1, 0.15) is 16.8 Å². The molecule has 0 fully saturated rings. The Balaban J connectivity index is 1.66. The summed E-state index contributed by atoms with van der Waals surface area (Å²) < 4.78 is 15.2. The van der Waals surface area contributed by atoms with Crippen LogP contribution >= 0.6 is 11.3 Å². The van der Waals surface area contributed by atoms with Gasteiger partial charge >= 0.3 is 6.09 Å². The van der Waals surface area contributed by atoms with Crippen LogP contribution < -0.4 is 14.8 Å². The Labute approximate surface area is 161 Å². The number of benzene rings is 1. The van der Waals surface area contributed by atoms with Gasteiger partial charge in [0.25, 0.3) is 0 Å². The number of thiazole rings is 1. The Kier molecular flexibility index (Phi) is 5.80. The molecule has 0 aliphatic carbocycles. The Hall–Kier alpha value is -2.81. The van der Waals surface area contributed by atoms with Gasteiger partial charge in [0.05, 0.1) is 33.4 Å². The van der Waals surface area contributed by atoms with Crippen molar-refractivity contribution in [3.05, 3.63) is 34.3 Å². The van der Waals surface area contributed by atoms with Crippen LogP contribution in [0.15, 0.2) is 17.5 Å². The molecular weight excluding hydrogens is 370 g/mol. The van der Waals surface area contributed by atoms with Gasteiger partial charge in [0, 0.05) is 18.5 Å². The summed E-state index contributed by atoms with van der Waals surface area (Å²) in [4.78, 5) is 29.9. The predicted molar refractivity (Wildman–Crippen MR) is 101 cm³/mol. The zero-order valence-electron chi connectivity index (χ0n) is 15.4. The van der Waals surface area contributed by atoms with Gasteiger partial charge in [0.1, 0.15) is 0 Å². The number of hydrogen-bond donors (Lipinski definition) is 1. The van der Waals surface area contributed by atoms with E-state index >= 15 is 0 Å². The lowest BCUT2D eigenvalue weighted by Gasteiger charge is -2.29. The molecule has 1 aliphatic heterocycles. The van der Waals surface area contributed by atoms with E-state index in [0.717, 1.165) is 17.5 Å². The van der Waals surface area contributed by atoms with E-state index in [0.29, 0.717) is 35.4 Å². The van der Waals surface area contributed by atoms with Crippen molar-refractivity contribution < 1.29 is 23.8 Å². The van der Waals surface area contributed by atoms with Crippen LogP contribution in [0.25, 0.3) is 0 Å². The van der Waals surface area contributed by atoms with Crippen molar-refractivity contribution in [2.45, 2.75) is 19.4 Å². The van der Waals surface area contributed by atoms with Gasteiger partial charge in [-0.2, -0.15) is 0 Å². The molecule has 0 radical (unpaired) electrons. The van der Waals surface area contributed by atoms with Crippen LogP contribution in [-0.4, -0.2) is 49.8 Å². The number of amides is 2. The monoisotopic (exact) mass is 391 g/mol. The maximum absolute atomic E-state index is 12.7. The normalized spacial score (nSPS) is 12.9. The average Bonchev–Trinajstić information content (AvgIpc) is 3.12. The second-order valence-corrected chi connectivity index (χ2v) is 6.84. The van der Waals surface area contributed by atoms with E-state index < -0.39 is 6.09 Å². The highest BCUT2D eigenvalue weighted by molar-refractivity contribution is 7.13. The number of nitrogens with one attached hydrogen (secondary N) is 1. The van der Waals surface area contributed by atoms with Crippen molar-refractivity contribution in [2.24, 2.45) is 0 Å². The van der Waals surface area contributed by atoms with Crippen molar-refractivity contribution in [3.63, 3.8) is 0 Å². The summed E-state index contributed by atoms with van der Waals surface area (Å²) >= 11 is 1.26. The van der Waals surface area contributed by atoms with Crippen molar-refractivity contribution >= 4 is 28.5 Å². The van der Waals surface area contributed by atoms with Gasteiger partial charge in [-0.3, -0.25) is 10.1 Å². The van der Waals surface area contributed by atoms with Gasteiger partial charge < -0.3 is 19.1 Å². The third-order valence-electron chi connectivity index (χ3n) is 4.35. The Morgan fingerprint density at radius 3 is 2.56 bits per heavy atom. The summed E-state index contributed by atoms with van der Waals surface area (Å²) in [5, 5.41) is 4.66. The van der Waals surface area contributed by atoms with Gasteiger partial charge in [-0.15, -0.1) is 11.3 Å². The summed E-state index contributed by atoms with van der Waals surface area (Å²) in [6.07, 6.45) is 0.356. The highest BCUT2D eigenvalue weighted by atomic mass is 32.1. The molecule has 1 aromatic carbocycles. The zero-order valence-corrected chi connectivity index (χ0v) is 16.2. The Bertz CT molecular complexity index is 852. The van der Waals surface area contributed by atoms with Crippen molar-refractivity contribution in [2.75, 3.05) is 33.2 Å². The Morgan fingerprint density at radius 1 is 1.19 bits per heavy atom. The van der Waals surface area contributed by atoms with E-state index in [2.05, 4.69) is 15.0 Å². The second-order valence-electron chi connectivity index (χ2n) is 5.98. The molecule has 2 aromatic rings.